The number of fused-ring (bicyclic) bond motifs is 1. The van der Waals surface area contributed by atoms with Crippen LogP contribution in [-0.4, -0.2) is 12.5 Å². The summed E-state index contributed by atoms with van der Waals surface area (Å²) in [5.41, 5.74) is 2.60. The molecule has 2 aromatic rings. The van der Waals surface area contributed by atoms with E-state index < -0.39 is 6.61 Å². The van der Waals surface area contributed by atoms with Crippen LogP contribution in [0.15, 0.2) is 42.5 Å². The van der Waals surface area contributed by atoms with Gasteiger partial charge < -0.3 is 10.1 Å². The van der Waals surface area contributed by atoms with Gasteiger partial charge in [0.2, 0.25) is 0 Å². The SMILES string of the molecule is O=C1Nc2cc(Cl)ccc2C1=Cc1ccc(OC(F)F)cc1. The third-order valence-electron chi connectivity index (χ3n) is 3.18. The second-order valence-electron chi connectivity index (χ2n) is 4.65. The van der Waals surface area contributed by atoms with Crippen molar-refractivity contribution in [1.29, 1.82) is 0 Å². The summed E-state index contributed by atoms with van der Waals surface area (Å²) >= 11 is 5.89. The van der Waals surface area contributed by atoms with Gasteiger partial charge in [-0.1, -0.05) is 29.8 Å². The summed E-state index contributed by atoms with van der Waals surface area (Å²) < 4.78 is 28.5. The molecule has 0 saturated carbocycles. The lowest BCUT2D eigenvalue weighted by atomic mass is 10.0. The molecule has 0 unspecified atom stereocenters. The van der Waals surface area contributed by atoms with Crippen LogP contribution in [0.5, 0.6) is 5.75 Å². The van der Waals surface area contributed by atoms with E-state index in [1.54, 1.807) is 36.4 Å². The van der Waals surface area contributed by atoms with Crippen molar-refractivity contribution in [2.24, 2.45) is 0 Å². The van der Waals surface area contributed by atoms with E-state index in [-0.39, 0.29) is 11.7 Å². The monoisotopic (exact) mass is 321 g/mol. The number of carbonyl (C=O) groups is 1. The molecule has 3 nitrogen and oxygen atoms in total. The van der Waals surface area contributed by atoms with Crippen molar-refractivity contribution < 1.29 is 18.3 Å². The zero-order chi connectivity index (χ0) is 15.7. The van der Waals surface area contributed by atoms with Crippen molar-refractivity contribution in [3.8, 4) is 5.75 Å². The van der Waals surface area contributed by atoms with Gasteiger partial charge in [-0.05, 0) is 35.9 Å². The summed E-state index contributed by atoms with van der Waals surface area (Å²) in [5, 5.41) is 3.27. The molecule has 2 aromatic carbocycles. The number of benzene rings is 2. The topological polar surface area (TPSA) is 38.3 Å². The molecule has 0 fully saturated rings. The zero-order valence-electron chi connectivity index (χ0n) is 11.1. The van der Waals surface area contributed by atoms with Crippen LogP contribution < -0.4 is 10.1 Å². The Hall–Kier alpha value is -2.40. The van der Waals surface area contributed by atoms with E-state index in [1.807, 2.05) is 0 Å². The third-order valence-corrected chi connectivity index (χ3v) is 3.42. The van der Waals surface area contributed by atoms with Crippen molar-refractivity contribution >= 4 is 34.8 Å². The van der Waals surface area contributed by atoms with Gasteiger partial charge in [-0.2, -0.15) is 8.78 Å². The highest BCUT2D eigenvalue weighted by Gasteiger charge is 2.23. The van der Waals surface area contributed by atoms with Gasteiger partial charge in [0.05, 0.1) is 5.69 Å². The lowest BCUT2D eigenvalue weighted by Crippen LogP contribution is -2.03. The molecule has 1 aliphatic rings. The van der Waals surface area contributed by atoms with Crippen molar-refractivity contribution in [2.45, 2.75) is 6.61 Å². The van der Waals surface area contributed by atoms with Crippen molar-refractivity contribution in [2.75, 3.05) is 5.32 Å². The molecule has 0 spiro atoms. The third kappa shape index (κ3) is 2.94. The second-order valence-corrected chi connectivity index (χ2v) is 5.09. The van der Waals surface area contributed by atoms with E-state index in [2.05, 4.69) is 10.1 Å². The largest absolute Gasteiger partial charge is 0.435 e. The van der Waals surface area contributed by atoms with Gasteiger partial charge in [-0.25, -0.2) is 0 Å². The minimum atomic E-state index is -2.86. The molecule has 1 N–H and O–H groups in total. The van der Waals surface area contributed by atoms with Gasteiger partial charge in [0.1, 0.15) is 5.75 Å². The first-order valence-corrected chi connectivity index (χ1v) is 6.78. The molecule has 0 aromatic heterocycles. The second kappa shape index (κ2) is 5.77. The van der Waals surface area contributed by atoms with Gasteiger partial charge in [-0.15, -0.1) is 0 Å². The van der Waals surface area contributed by atoms with E-state index in [0.717, 1.165) is 5.56 Å². The number of hydrogen-bond acceptors (Lipinski definition) is 2. The lowest BCUT2D eigenvalue weighted by Gasteiger charge is -2.04. The number of rotatable bonds is 3. The normalized spacial score (nSPS) is 15.1. The number of amides is 1. The molecule has 6 heteroatoms. The molecule has 3 rings (SSSR count). The Kier molecular flexibility index (Phi) is 3.81. The highest BCUT2D eigenvalue weighted by molar-refractivity contribution is 6.36. The Morgan fingerprint density at radius 3 is 2.55 bits per heavy atom. The Morgan fingerprint density at radius 2 is 1.86 bits per heavy atom. The average Bonchev–Trinajstić information content (AvgIpc) is 2.75. The summed E-state index contributed by atoms with van der Waals surface area (Å²) in [4.78, 5) is 12.0. The quantitative estimate of drug-likeness (QED) is 0.849. The van der Waals surface area contributed by atoms with Crippen LogP contribution in [0.4, 0.5) is 14.5 Å². The van der Waals surface area contributed by atoms with Crippen LogP contribution in [0.2, 0.25) is 5.02 Å². The number of ether oxygens (including phenoxy) is 1. The first kappa shape index (κ1) is 14.5. The molecule has 1 amide bonds. The number of hydrogen-bond donors (Lipinski definition) is 1. The average molecular weight is 322 g/mol. The number of nitrogens with one attached hydrogen (secondary N) is 1. The maximum atomic E-state index is 12.1. The maximum absolute atomic E-state index is 12.1. The molecule has 0 aliphatic carbocycles. The fraction of sp³-hybridized carbons (Fsp3) is 0.0625. The van der Waals surface area contributed by atoms with Gasteiger partial charge in [0.15, 0.2) is 0 Å². The van der Waals surface area contributed by atoms with E-state index in [0.29, 0.717) is 21.8 Å². The van der Waals surface area contributed by atoms with Crippen molar-refractivity contribution in [3.63, 3.8) is 0 Å². The van der Waals surface area contributed by atoms with E-state index >= 15 is 0 Å². The van der Waals surface area contributed by atoms with E-state index in [4.69, 9.17) is 11.6 Å². The van der Waals surface area contributed by atoms with Crippen molar-refractivity contribution in [1.82, 2.24) is 0 Å². The first-order valence-electron chi connectivity index (χ1n) is 6.41. The predicted molar refractivity (Wildman–Crippen MR) is 81.0 cm³/mol. The molecular weight excluding hydrogens is 312 g/mol. The first-order chi connectivity index (χ1) is 10.5. The Labute approximate surface area is 130 Å². The van der Waals surface area contributed by atoms with Crippen molar-refractivity contribution in [3.05, 3.63) is 58.6 Å². The summed E-state index contributed by atoms with van der Waals surface area (Å²) in [6.45, 7) is -2.86. The molecule has 22 heavy (non-hydrogen) atoms. The van der Waals surface area contributed by atoms with Gasteiger partial charge >= 0.3 is 6.61 Å². The fourth-order valence-electron chi connectivity index (χ4n) is 2.22. The highest BCUT2D eigenvalue weighted by atomic mass is 35.5. The van der Waals surface area contributed by atoms with Crippen LogP contribution in [-0.2, 0) is 4.79 Å². The van der Waals surface area contributed by atoms with E-state index in [1.165, 1.54) is 12.1 Å². The molecule has 0 radical (unpaired) electrons. The van der Waals surface area contributed by atoms with Gasteiger partial charge in [0, 0.05) is 16.2 Å². The lowest BCUT2D eigenvalue weighted by molar-refractivity contribution is -0.110. The van der Waals surface area contributed by atoms with E-state index in [9.17, 15) is 13.6 Å². The smallest absolute Gasteiger partial charge is 0.387 e. The minimum Gasteiger partial charge on any atom is -0.435 e. The number of anilines is 1. The standard InChI is InChI=1S/C16H10ClF2NO2/c17-10-3-6-12-13(15(21)20-14(12)8-10)7-9-1-4-11(5-2-9)22-16(18)19/h1-8,16H,(H,20,21). The number of carbonyl (C=O) groups excluding carboxylic acids is 1. The van der Waals surface area contributed by atoms with Crippen LogP contribution in [0.3, 0.4) is 0 Å². The maximum Gasteiger partial charge on any atom is 0.387 e. The predicted octanol–water partition coefficient (Wildman–Crippen LogP) is 4.43. The molecule has 1 aliphatic heterocycles. The summed E-state index contributed by atoms with van der Waals surface area (Å²) in [6.07, 6.45) is 1.68. The summed E-state index contributed by atoms with van der Waals surface area (Å²) in [6, 6.07) is 11.2. The molecule has 0 saturated heterocycles. The zero-order valence-corrected chi connectivity index (χ0v) is 11.9. The molecule has 112 valence electrons. The molecule has 0 bridgehead atoms. The Bertz CT molecular complexity index is 757. The summed E-state index contributed by atoms with van der Waals surface area (Å²) in [5.74, 6) is -0.162. The van der Waals surface area contributed by atoms with Crippen LogP contribution >= 0.6 is 11.6 Å². The molecule has 0 atom stereocenters. The number of alkyl halides is 2. The van der Waals surface area contributed by atoms with Gasteiger partial charge in [0.25, 0.3) is 5.91 Å². The fourth-order valence-corrected chi connectivity index (χ4v) is 2.39. The number of halogens is 3. The van der Waals surface area contributed by atoms with Crippen LogP contribution in [0.1, 0.15) is 11.1 Å². The summed E-state index contributed by atoms with van der Waals surface area (Å²) in [7, 11) is 0. The Balaban J connectivity index is 1.91. The van der Waals surface area contributed by atoms with Crippen LogP contribution in [0.25, 0.3) is 11.6 Å². The highest BCUT2D eigenvalue weighted by Crippen LogP contribution is 2.35. The minimum absolute atomic E-state index is 0.0696. The van der Waals surface area contributed by atoms with Gasteiger partial charge in [-0.3, -0.25) is 4.79 Å². The Morgan fingerprint density at radius 1 is 1.14 bits per heavy atom. The molecule has 1 heterocycles. The molecular formula is C16H10ClF2NO2. The van der Waals surface area contributed by atoms with Crippen LogP contribution in [0, 0.1) is 0 Å².